The Labute approximate surface area is 81.0 Å². The van der Waals surface area contributed by atoms with E-state index < -0.39 is 0 Å². The van der Waals surface area contributed by atoms with Crippen LogP contribution in [-0.4, -0.2) is 13.3 Å². The van der Waals surface area contributed by atoms with Gasteiger partial charge in [0.1, 0.15) is 0 Å². The minimum absolute atomic E-state index is 0.168. The molecule has 0 aromatic rings. The second-order valence-electron chi connectivity index (χ2n) is 3.36. The van der Waals surface area contributed by atoms with Crippen molar-refractivity contribution in [1.29, 1.82) is 0 Å². The van der Waals surface area contributed by atoms with Gasteiger partial charge < -0.3 is 4.74 Å². The topological polar surface area (TPSA) is 9.23 Å². The molecule has 0 radical (unpaired) electrons. The maximum Gasteiger partial charge on any atom is 0.0894 e. The molecule has 2 heteroatoms. The molecule has 1 nitrogen and oxygen atoms in total. The van der Waals surface area contributed by atoms with Crippen LogP contribution in [0.2, 0.25) is 0 Å². The lowest BCUT2D eigenvalue weighted by atomic mass is 10.1. The molecular formula is C11H21FO. The maximum absolute atomic E-state index is 11.7. The molecule has 0 fully saturated rings. The molecule has 0 aliphatic heterocycles. The van der Waals surface area contributed by atoms with Crippen LogP contribution in [0.3, 0.4) is 0 Å². The number of hydrogen-bond acceptors (Lipinski definition) is 1. The third kappa shape index (κ3) is 11.5. The monoisotopic (exact) mass is 188 g/mol. The van der Waals surface area contributed by atoms with Crippen molar-refractivity contribution in [2.75, 3.05) is 13.3 Å². The van der Waals surface area contributed by atoms with Crippen molar-refractivity contribution in [2.24, 2.45) is 0 Å². The summed E-state index contributed by atoms with van der Waals surface area (Å²) in [6.07, 6.45) is 6.36. The van der Waals surface area contributed by atoms with Gasteiger partial charge in [-0.15, -0.1) is 0 Å². The predicted molar refractivity (Wildman–Crippen MR) is 54.4 cm³/mol. The Morgan fingerprint density at radius 2 is 1.62 bits per heavy atom. The summed E-state index contributed by atoms with van der Waals surface area (Å²) in [5.74, 6) is 0.789. The van der Waals surface area contributed by atoms with Gasteiger partial charge in [0, 0.05) is 0 Å². The third-order valence-corrected chi connectivity index (χ3v) is 1.88. The van der Waals surface area contributed by atoms with Crippen LogP contribution >= 0.6 is 0 Å². The van der Waals surface area contributed by atoms with E-state index in [2.05, 4.69) is 6.58 Å². The van der Waals surface area contributed by atoms with E-state index >= 15 is 0 Å². The molecule has 0 saturated heterocycles. The summed E-state index contributed by atoms with van der Waals surface area (Å²) in [5, 5.41) is 0. The van der Waals surface area contributed by atoms with Gasteiger partial charge in [-0.2, -0.15) is 0 Å². The van der Waals surface area contributed by atoms with E-state index in [4.69, 9.17) is 4.74 Å². The lowest BCUT2D eigenvalue weighted by molar-refractivity contribution is 0.208. The highest BCUT2D eigenvalue weighted by atomic mass is 19.1. The number of hydrogen-bond donors (Lipinski definition) is 0. The van der Waals surface area contributed by atoms with E-state index in [-0.39, 0.29) is 6.67 Å². The van der Waals surface area contributed by atoms with Gasteiger partial charge in [0.15, 0.2) is 0 Å². The molecule has 0 aromatic carbocycles. The first-order valence-electron chi connectivity index (χ1n) is 5.11. The van der Waals surface area contributed by atoms with E-state index in [1.165, 1.54) is 12.8 Å². The zero-order valence-corrected chi connectivity index (χ0v) is 8.65. The largest absolute Gasteiger partial charge is 0.499 e. The van der Waals surface area contributed by atoms with Gasteiger partial charge in [-0.05, 0) is 19.8 Å². The fourth-order valence-corrected chi connectivity index (χ4v) is 1.15. The molecule has 0 rings (SSSR count). The van der Waals surface area contributed by atoms with Crippen molar-refractivity contribution >= 4 is 0 Å². The minimum atomic E-state index is -0.168. The van der Waals surface area contributed by atoms with Crippen LogP contribution in [0.5, 0.6) is 0 Å². The summed E-state index contributed by atoms with van der Waals surface area (Å²) < 4.78 is 16.9. The van der Waals surface area contributed by atoms with Crippen molar-refractivity contribution in [2.45, 2.75) is 45.4 Å². The standard InChI is InChI=1S/C11H21FO/c1-11(2)13-10-8-6-4-3-5-7-9-12/h1,3-10H2,2H3. The molecule has 0 saturated carbocycles. The molecule has 0 heterocycles. The van der Waals surface area contributed by atoms with Gasteiger partial charge in [-0.3, -0.25) is 4.39 Å². The molecule has 0 aromatic heterocycles. The Morgan fingerprint density at radius 3 is 2.15 bits per heavy atom. The summed E-state index contributed by atoms with van der Waals surface area (Å²) in [4.78, 5) is 0. The highest BCUT2D eigenvalue weighted by Gasteiger charge is 1.91. The summed E-state index contributed by atoms with van der Waals surface area (Å²) in [6.45, 7) is 6.12. The van der Waals surface area contributed by atoms with Crippen LogP contribution in [0.25, 0.3) is 0 Å². The SMILES string of the molecule is C=C(C)OCCCCCCCCF. The van der Waals surface area contributed by atoms with Gasteiger partial charge in [-0.25, -0.2) is 0 Å². The Hall–Kier alpha value is -0.530. The molecular weight excluding hydrogens is 167 g/mol. The van der Waals surface area contributed by atoms with Crippen molar-refractivity contribution < 1.29 is 9.13 Å². The molecule has 0 bridgehead atoms. The van der Waals surface area contributed by atoms with Gasteiger partial charge in [0.05, 0.1) is 19.0 Å². The molecule has 0 unspecified atom stereocenters. The van der Waals surface area contributed by atoms with Gasteiger partial charge in [-0.1, -0.05) is 32.3 Å². The lowest BCUT2D eigenvalue weighted by Gasteiger charge is -2.04. The van der Waals surface area contributed by atoms with E-state index in [1.54, 1.807) is 0 Å². The first-order chi connectivity index (χ1) is 6.27. The van der Waals surface area contributed by atoms with Crippen molar-refractivity contribution in [3.8, 4) is 0 Å². The fourth-order valence-electron chi connectivity index (χ4n) is 1.15. The predicted octanol–water partition coefficient (Wildman–Crippen LogP) is 3.85. The van der Waals surface area contributed by atoms with Crippen LogP contribution < -0.4 is 0 Å². The van der Waals surface area contributed by atoms with E-state index in [0.29, 0.717) is 0 Å². The molecule has 0 N–H and O–H groups in total. The molecule has 0 atom stereocenters. The molecule has 0 spiro atoms. The quantitative estimate of drug-likeness (QED) is 0.394. The van der Waals surface area contributed by atoms with Crippen molar-refractivity contribution in [3.05, 3.63) is 12.3 Å². The zero-order valence-electron chi connectivity index (χ0n) is 8.65. The Kier molecular flexibility index (Phi) is 9.17. The van der Waals surface area contributed by atoms with Crippen LogP contribution in [0.15, 0.2) is 12.3 Å². The molecule has 0 amide bonds. The van der Waals surface area contributed by atoms with E-state index in [9.17, 15) is 4.39 Å². The first kappa shape index (κ1) is 12.5. The number of rotatable bonds is 9. The van der Waals surface area contributed by atoms with Crippen LogP contribution in [0.4, 0.5) is 4.39 Å². The van der Waals surface area contributed by atoms with Crippen LogP contribution in [0, 0.1) is 0 Å². The Balaban J connectivity index is 2.87. The average molecular weight is 188 g/mol. The van der Waals surface area contributed by atoms with Crippen LogP contribution in [0.1, 0.15) is 45.4 Å². The second kappa shape index (κ2) is 9.56. The number of alkyl halides is 1. The molecule has 78 valence electrons. The number of allylic oxidation sites excluding steroid dienone is 1. The van der Waals surface area contributed by atoms with Crippen LogP contribution in [-0.2, 0) is 4.74 Å². The molecule has 0 aliphatic carbocycles. The number of halogens is 1. The van der Waals surface area contributed by atoms with E-state index in [1.807, 2.05) is 6.92 Å². The minimum Gasteiger partial charge on any atom is -0.499 e. The average Bonchev–Trinajstić information content (AvgIpc) is 2.09. The van der Waals surface area contributed by atoms with Gasteiger partial charge in [0.25, 0.3) is 0 Å². The second-order valence-corrected chi connectivity index (χ2v) is 3.36. The van der Waals surface area contributed by atoms with Crippen molar-refractivity contribution in [1.82, 2.24) is 0 Å². The maximum atomic E-state index is 11.7. The Morgan fingerprint density at radius 1 is 1.08 bits per heavy atom. The first-order valence-corrected chi connectivity index (χ1v) is 5.11. The third-order valence-electron chi connectivity index (χ3n) is 1.88. The number of unbranched alkanes of at least 4 members (excludes halogenated alkanes) is 5. The lowest BCUT2D eigenvalue weighted by Crippen LogP contribution is -1.91. The van der Waals surface area contributed by atoms with Gasteiger partial charge >= 0.3 is 0 Å². The normalized spacial score (nSPS) is 10.0. The fraction of sp³-hybridized carbons (Fsp3) is 0.818. The molecule has 13 heavy (non-hydrogen) atoms. The summed E-state index contributed by atoms with van der Waals surface area (Å²) in [7, 11) is 0. The van der Waals surface area contributed by atoms with Crippen molar-refractivity contribution in [3.63, 3.8) is 0 Å². The smallest absolute Gasteiger partial charge is 0.0894 e. The van der Waals surface area contributed by atoms with E-state index in [0.717, 1.165) is 38.0 Å². The number of ether oxygens (including phenoxy) is 1. The zero-order chi connectivity index (χ0) is 9.94. The van der Waals surface area contributed by atoms with Gasteiger partial charge in [0.2, 0.25) is 0 Å². The molecule has 0 aliphatic rings. The summed E-state index contributed by atoms with van der Waals surface area (Å²) >= 11 is 0. The highest BCUT2D eigenvalue weighted by molar-refractivity contribution is 4.73. The highest BCUT2D eigenvalue weighted by Crippen LogP contribution is 2.06. The Bertz CT molecular complexity index is 123. The summed E-state index contributed by atoms with van der Waals surface area (Å²) in [5.41, 5.74) is 0. The summed E-state index contributed by atoms with van der Waals surface area (Å²) in [6, 6.07) is 0.